The summed E-state index contributed by atoms with van der Waals surface area (Å²) in [6.07, 6.45) is 0. The number of halogens is 1. The first kappa shape index (κ1) is 15.6. The second-order valence-electron chi connectivity index (χ2n) is 5.33. The maximum absolute atomic E-state index is 13.9. The standard InChI is InChI=1S/C15H22FN3O2/c1-11(2)18-10-12-4-3-5-13(16)14(12)21-9-8-19-7-6-17-15(19)20/h3-5,11,18H,6-10H2,1-2H3,(H,17,20). The molecule has 0 aromatic heterocycles. The Morgan fingerprint density at radius 1 is 1.48 bits per heavy atom. The van der Waals surface area contributed by atoms with Crippen LogP contribution in [0.5, 0.6) is 5.75 Å². The van der Waals surface area contributed by atoms with Crippen LogP contribution in [0.1, 0.15) is 19.4 Å². The van der Waals surface area contributed by atoms with Crippen LogP contribution in [-0.2, 0) is 6.54 Å². The minimum atomic E-state index is -0.371. The SMILES string of the molecule is CC(C)NCc1cccc(F)c1OCCN1CCNC1=O. The van der Waals surface area contributed by atoms with Crippen LogP contribution in [0.15, 0.2) is 18.2 Å². The predicted octanol–water partition coefficient (Wildman–Crippen LogP) is 1.73. The van der Waals surface area contributed by atoms with Crippen LogP contribution in [0, 0.1) is 5.82 Å². The molecule has 2 rings (SSSR count). The molecule has 116 valence electrons. The molecule has 1 aliphatic rings. The number of benzene rings is 1. The summed E-state index contributed by atoms with van der Waals surface area (Å²) in [6, 6.07) is 5.13. The average Bonchev–Trinajstić information content (AvgIpc) is 2.84. The van der Waals surface area contributed by atoms with Crippen molar-refractivity contribution in [3.8, 4) is 5.75 Å². The van der Waals surface area contributed by atoms with Crippen LogP contribution in [0.25, 0.3) is 0 Å². The fourth-order valence-corrected chi connectivity index (χ4v) is 2.15. The van der Waals surface area contributed by atoms with E-state index in [9.17, 15) is 9.18 Å². The van der Waals surface area contributed by atoms with Gasteiger partial charge in [-0.05, 0) is 6.07 Å². The van der Waals surface area contributed by atoms with Gasteiger partial charge >= 0.3 is 6.03 Å². The summed E-state index contributed by atoms with van der Waals surface area (Å²) in [6.45, 7) is 6.68. The lowest BCUT2D eigenvalue weighted by molar-refractivity contribution is 0.200. The topological polar surface area (TPSA) is 53.6 Å². The lowest BCUT2D eigenvalue weighted by Crippen LogP contribution is -2.32. The number of amides is 2. The highest BCUT2D eigenvalue weighted by molar-refractivity contribution is 5.76. The van der Waals surface area contributed by atoms with Crippen molar-refractivity contribution >= 4 is 6.03 Å². The molecule has 0 aliphatic carbocycles. The highest BCUT2D eigenvalue weighted by Gasteiger charge is 2.19. The van der Waals surface area contributed by atoms with Crippen LogP contribution in [0.3, 0.4) is 0 Å². The molecule has 1 saturated heterocycles. The number of urea groups is 1. The maximum Gasteiger partial charge on any atom is 0.317 e. The van der Waals surface area contributed by atoms with Gasteiger partial charge in [-0.25, -0.2) is 9.18 Å². The normalized spacial score (nSPS) is 14.7. The van der Waals surface area contributed by atoms with Gasteiger partial charge in [-0.15, -0.1) is 0 Å². The molecule has 6 heteroatoms. The lowest BCUT2D eigenvalue weighted by Gasteiger charge is -2.17. The van der Waals surface area contributed by atoms with Crippen molar-refractivity contribution in [2.75, 3.05) is 26.2 Å². The highest BCUT2D eigenvalue weighted by atomic mass is 19.1. The number of ether oxygens (including phenoxy) is 1. The molecule has 1 aromatic rings. The number of carbonyl (C=O) groups is 1. The summed E-state index contributed by atoms with van der Waals surface area (Å²) in [7, 11) is 0. The fraction of sp³-hybridized carbons (Fsp3) is 0.533. The molecule has 0 spiro atoms. The number of hydrogen-bond donors (Lipinski definition) is 2. The van der Waals surface area contributed by atoms with Crippen LogP contribution in [0.2, 0.25) is 0 Å². The third-order valence-corrected chi connectivity index (χ3v) is 3.30. The molecule has 2 amide bonds. The van der Waals surface area contributed by atoms with Gasteiger partial charge in [0.1, 0.15) is 6.61 Å². The van der Waals surface area contributed by atoms with Gasteiger partial charge in [0.2, 0.25) is 0 Å². The molecule has 0 radical (unpaired) electrons. The van der Waals surface area contributed by atoms with Crippen LogP contribution >= 0.6 is 0 Å². The molecule has 0 bridgehead atoms. The largest absolute Gasteiger partial charge is 0.488 e. The molecule has 5 nitrogen and oxygen atoms in total. The second kappa shape index (κ2) is 7.26. The molecule has 0 atom stereocenters. The Balaban J connectivity index is 1.93. The van der Waals surface area contributed by atoms with Crippen molar-refractivity contribution < 1.29 is 13.9 Å². The van der Waals surface area contributed by atoms with Gasteiger partial charge in [-0.2, -0.15) is 0 Å². The molecule has 1 aliphatic heterocycles. The molecular weight excluding hydrogens is 273 g/mol. The first-order valence-electron chi connectivity index (χ1n) is 7.24. The van der Waals surface area contributed by atoms with E-state index in [1.807, 2.05) is 19.9 Å². The van der Waals surface area contributed by atoms with Crippen molar-refractivity contribution in [2.45, 2.75) is 26.4 Å². The Hall–Kier alpha value is -1.82. The van der Waals surface area contributed by atoms with Crippen molar-refractivity contribution in [1.29, 1.82) is 0 Å². The smallest absolute Gasteiger partial charge is 0.317 e. The van der Waals surface area contributed by atoms with Gasteiger partial charge in [0.25, 0.3) is 0 Å². The Labute approximate surface area is 124 Å². The Bertz CT molecular complexity index is 494. The molecule has 0 saturated carbocycles. The molecule has 0 unspecified atom stereocenters. The lowest BCUT2D eigenvalue weighted by atomic mass is 10.2. The van der Waals surface area contributed by atoms with E-state index in [2.05, 4.69) is 10.6 Å². The van der Waals surface area contributed by atoms with E-state index in [-0.39, 0.29) is 24.2 Å². The summed E-state index contributed by atoms with van der Waals surface area (Å²) >= 11 is 0. The van der Waals surface area contributed by atoms with E-state index in [4.69, 9.17) is 4.74 Å². The number of para-hydroxylation sites is 1. The third-order valence-electron chi connectivity index (χ3n) is 3.30. The average molecular weight is 295 g/mol. The predicted molar refractivity (Wildman–Crippen MR) is 78.8 cm³/mol. The van der Waals surface area contributed by atoms with Crippen molar-refractivity contribution in [3.05, 3.63) is 29.6 Å². The molecule has 1 fully saturated rings. The Kier molecular flexibility index (Phi) is 5.38. The highest BCUT2D eigenvalue weighted by Crippen LogP contribution is 2.22. The summed E-state index contributed by atoms with van der Waals surface area (Å²) in [5.74, 6) is -0.103. The van der Waals surface area contributed by atoms with E-state index in [1.165, 1.54) is 6.07 Å². The Morgan fingerprint density at radius 2 is 2.29 bits per heavy atom. The van der Waals surface area contributed by atoms with Crippen LogP contribution in [-0.4, -0.2) is 43.2 Å². The van der Waals surface area contributed by atoms with Gasteiger partial charge in [0.15, 0.2) is 11.6 Å². The number of nitrogens with zero attached hydrogens (tertiary/aromatic N) is 1. The van der Waals surface area contributed by atoms with Gasteiger partial charge in [-0.3, -0.25) is 0 Å². The number of hydrogen-bond acceptors (Lipinski definition) is 3. The van der Waals surface area contributed by atoms with Crippen LogP contribution < -0.4 is 15.4 Å². The molecular formula is C15H22FN3O2. The van der Waals surface area contributed by atoms with Gasteiger partial charge in [-0.1, -0.05) is 26.0 Å². The van der Waals surface area contributed by atoms with Crippen LogP contribution in [0.4, 0.5) is 9.18 Å². The van der Waals surface area contributed by atoms with Gasteiger partial charge in [0.05, 0.1) is 6.54 Å². The number of rotatable bonds is 7. The summed E-state index contributed by atoms with van der Waals surface area (Å²) < 4.78 is 19.5. The van der Waals surface area contributed by atoms with Crippen molar-refractivity contribution in [1.82, 2.24) is 15.5 Å². The quantitative estimate of drug-likeness (QED) is 0.805. The maximum atomic E-state index is 13.9. The van der Waals surface area contributed by atoms with Gasteiger partial charge in [0, 0.05) is 31.2 Å². The summed E-state index contributed by atoms with van der Waals surface area (Å²) in [5.41, 5.74) is 0.787. The van der Waals surface area contributed by atoms with Crippen molar-refractivity contribution in [3.63, 3.8) is 0 Å². The molecule has 1 heterocycles. The van der Waals surface area contributed by atoms with E-state index in [0.29, 0.717) is 32.2 Å². The first-order chi connectivity index (χ1) is 10.1. The minimum Gasteiger partial charge on any atom is -0.488 e. The fourth-order valence-electron chi connectivity index (χ4n) is 2.15. The number of carbonyl (C=O) groups excluding carboxylic acids is 1. The minimum absolute atomic E-state index is 0.0890. The summed E-state index contributed by atoms with van der Waals surface area (Å²) in [4.78, 5) is 13.1. The van der Waals surface area contributed by atoms with E-state index in [0.717, 1.165) is 5.56 Å². The van der Waals surface area contributed by atoms with E-state index >= 15 is 0 Å². The van der Waals surface area contributed by atoms with Crippen molar-refractivity contribution in [2.24, 2.45) is 0 Å². The van der Waals surface area contributed by atoms with E-state index in [1.54, 1.807) is 11.0 Å². The zero-order valence-corrected chi connectivity index (χ0v) is 12.5. The number of nitrogens with one attached hydrogen (secondary N) is 2. The third kappa shape index (κ3) is 4.32. The molecule has 2 N–H and O–H groups in total. The summed E-state index contributed by atoms with van der Waals surface area (Å²) in [5, 5.41) is 5.97. The zero-order chi connectivity index (χ0) is 15.2. The zero-order valence-electron chi connectivity index (χ0n) is 12.5. The first-order valence-corrected chi connectivity index (χ1v) is 7.24. The monoisotopic (exact) mass is 295 g/mol. The van der Waals surface area contributed by atoms with Gasteiger partial charge < -0.3 is 20.3 Å². The molecule has 1 aromatic carbocycles. The molecule has 21 heavy (non-hydrogen) atoms. The second-order valence-corrected chi connectivity index (χ2v) is 5.33. The Morgan fingerprint density at radius 3 is 2.95 bits per heavy atom. The van der Waals surface area contributed by atoms with E-state index < -0.39 is 0 Å².